The predicted octanol–water partition coefficient (Wildman–Crippen LogP) is 1.86. The van der Waals surface area contributed by atoms with Crippen molar-refractivity contribution < 1.29 is 19.4 Å². The number of nitriles is 1. The second kappa shape index (κ2) is 5.35. The van der Waals surface area contributed by atoms with Gasteiger partial charge in [0.05, 0.1) is 24.7 Å². The van der Waals surface area contributed by atoms with Gasteiger partial charge >= 0.3 is 6.09 Å². The highest BCUT2D eigenvalue weighted by atomic mass is 16.7. The molecule has 0 aromatic rings. The summed E-state index contributed by atoms with van der Waals surface area (Å²) in [5, 5.41) is 20.6. The van der Waals surface area contributed by atoms with Gasteiger partial charge in [0.1, 0.15) is 0 Å². The maximum Gasteiger partial charge on any atom is 0.404 e. The van der Waals surface area contributed by atoms with E-state index < -0.39 is 17.3 Å². The van der Waals surface area contributed by atoms with Crippen LogP contribution in [0.4, 0.5) is 4.79 Å². The number of ether oxygens (including phenoxy) is 2. The fraction of sp³-hybridized carbons (Fsp3) is 0.846. The van der Waals surface area contributed by atoms with Gasteiger partial charge in [0.2, 0.25) is 0 Å². The average molecular weight is 268 g/mol. The molecule has 1 aliphatic carbocycles. The first-order chi connectivity index (χ1) is 8.99. The normalized spacial score (nSPS) is 25.7. The molecule has 2 N–H and O–H groups in total. The molecule has 1 heterocycles. The standard InChI is InChI=1S/C13H20N2O4/c1-10(15-11(16)17)8-12(9-14)2-4-13(5-3-12)18-6-7-19-13/h10,15H,2-8H2,1H3,(H,16,17)/t10-/m0/s1. The number of rotatable bonds is 3. The monoisotopic (exact) mass is 268 g/mol. The number of nitrogens with one attached hydrogen (secondary N) is 1. The number of hydrogen-bond acceptors (Lipinski definition) is 4. The van der Waals surface area contributed by atoms with Crippen LogP contribution in [-0.2, 0) is 9.47 Å². The number of hydrogen-bond donors (Lipinski definition) is 2. The summed E-state index contributed by atoms with van der Waals surface area (Å²) in [5.41, 5.74) is -0.470. The van der Waals surface area contributed by atoms with Gasteiger partial charge in [-0.2, -0.15) is 5.26 Å². The fourth-order valence-corrected chi connectivity index (χ4v) is 3.10. The Balaban J connectivity index is 1.94. The molecule has 19 heavy (non-hydrogen) atoms. The van der Waals surface area contributed by atoms with E-state index in [2.05, 4.69) is 11.4 Å². The first-order valence-electron chi connectivity index (χ1n) is 6.68. The Morgan fingerprint density at radius 2 is 1.95 bits per heavy atom. The molecule has 0 aromatic heterocycles. The Bertz CT molecular complexity index is 375. The molecule has 106 valence electrons. The lowest BCUT2D eigenvalue weighted by Crippen LogP contribution is -2.43. The van der Waals surface area contributed by atoms with E-state index in [4.69, 9.17) is 14.6 Å². The van der Waals surface area contributed by atoms with Crippen LogP contribution < -0.4 is 5.32 Å². The molecule has 6 heteroatoms. The summed E-state index contributed by atoms with van der Waals surface area (Å²) in [4.78, 5) is 10.6. The Hall–Kier alpha value is -1.32. The van der Waals surface area contributed by atoms with Crippen molar-refractivity contribution in [1.82, 2.24) is 5.32 Å². The van der Waals surface area contributed by atoms with Gasteiger partial charge in [-0.3, -0.25) is 0 Å². The van der Waals surface area contributed by atoms with E-state index in [-0.39, 0.29) is 6.04 Å². The molecular formula is C13H20N2O4. The maximum atomic E-state index is 10.6. The van der Waals surface area contributed by atoms with Crippen molar-refractivity contribution in [2.24, 2.45) is 5.41 Å². The largest absolute Gasteiger partial charge is 0.465 e. The lowest BCUT2D eigenvalue weighted by molar-refractivity contribution is -0.188. The van der Waals surface area contributed by atoms with E-state index in [1.165, 1.54) is 0 Å². The summed E-state index contributed by atoms with van der Waals surface area (Å²) in [5.74, 6) is -0.482. The van der Waals surface area contributed by atoms with Crippen LogP contribution in [0.2, 0.25) is 0 Å². The molecular weight excluding hydrogens is 248 g/mol. The topological polar surface area (TPSA) is 91.6 Å². The molecule has 1 aliphatic heterocycles. The fourth-order valence-electron chi connectivity index (χ4n) is 3.10. The van der Waals surface area contributed by atoms with E-state index in [0.29, 0.717) is 45.3 Å². The van der Waals surface area contributed by atoms with Crippen molar-refractivity contribution in [2.75, 3.05) is 13.2 Å². The maximum absolute atomic E-state index is 10.6. The van der Waals surface area contributed by atoms with Gasteiger partial charge in [0.15, 0.2) is 5.79 Å². The zero-order chi connectivity index (χ0) is 13.9. The minimum atomic E-state index is -1.05. The third-order valence-electron chi connectivity index (χ3n) is 4.09. The molecule has 0 aromatic carbocycles. The highest BCUT2D eigenvalue weighted by Gasteiger charge is 2.46. The Labute approximate surface area is 112 Å². The summed E-state index contributed by atoms with van der Waals surface area (Å²) in [7, 11) is 0. The van der Waals surface area contributed by atoms with Gasteiger partial charge < -0.3 is 19.9 Å². The van der Waals surface area contributed by atoms with Gasteiger partial charge in [-0.15, -0.1) is 0 Å². The van der Waals surface area contributed by atoms with E-state index in [1.807, 2.05) is 0 Å². The van der Waals surface area contributed by atoms with Crippen molar-refractivity contribution in [1.29, 1.82) is 5.26 Å². The first kappa shape index (κ1) is 14.1. The highest BCUT2D eigenvalue weighted by Crippen LogP contribution is 2.46. The minimum absolute atomic E-state index is 0.225. The first-order valence-corrected chi connectivity index (χ1v) is 6.68. The average Bonchev–Trinajstić information content (AvgIpc) is 2.81. The summed E-state index contributed by atoms with van der Waals surface area (Å²) in [6.07, 6.45) is 2.28. The van der Waals surface area contributed by atoms with Crippen LogP contribution in [0.5, 0.6) is 0 Å². The molecule has 1 saturated heterocycles. The van der Waals surface area contributed by atoms with E-state index in [0.717, 1.165) is 0 Å². The van der Waals surface area contributed by atoms with Gasteiger partial charge in [-0.25, -0.2) is 4.79 Å². The number of nitrogens with zero attached hydrogens (tertiary/aromatic N) is 1. The van der Waals surface area contributed by atoms with E-state index >= 15 is 0 Å². The van der Waals surface area contributed by atoms with Gasteiger partial charge in [0, 0.05) is 18.9 Å². The van der Waals surface area contributed by atoms with Crippen LogP contribution in [-0.4, -0.2) is 36.2 Å². The summed E-state index contributed by atoms with van der Waals surface area (Å²) in [6.45, 7) is 3.03. The SMILES string of the molecule is C[C@@H](CC1(C#N)CCC2(CC1)OCCO2)NC(=O)O. The molecule has 2 rings (SSSR count). The van der Waals surface area contributed by atoms with Crippen LogP contribution in [0, 0.1) is 16.7 Å². The Morgan fingerprint density at radius 1 is 1.37 bits per heavy atom. The zero-order valence-corrected chi connectivity index (χ0v) is 11.1. The molecule has 1 atom stereocenters. The van der Waals surface area contributed by atoms with Crippen molar-refractivity contribution in [2.45, 2.75) is 50.9 Å². The number of carbonyl (C=O) groups is 1. The molecule has 1 spiro atoms. The smallest absolute Gasteiger partial charge is 0.404 e. The lowest BCUT2D eigenvalue weighted by Gasteiger charge is -2.40. The summed E-state index contributed by atoms with van der Waals surface area (Å²) >= 11 is 0. The van der Waals surface area contributed by atoms with Crippen molar-refractivity contribution in [3.8, 4) is 6.07 Å². The van der Waals surface area contributed by atoms with Crippen molar-refractivity contribution in [3.63, 3.8) is 0 Å². The zero-order valence-electron chi connectivity index (χ0n) is 11.1. The molecule has 6 nitrogen and oxygen atoms in total. The third kappa shape index (κ3) is 3.17. The van der Waals surface area contributed by atoms with Crippen LogP contribution in [0.3, 0.4) is 0 Å². The van der Waals surface area contributed by atoms with E-state index in [1.54, 1.807) is 6.92 Å². The minimum Gasteiger partial charge on any atom is -0.465 e. The Kier molecular flexibility index (Phi) is 3.97. The molecule has 1 saturated carbocycles. The quantitative estimate of drug-likeness (QED) is 0.815. The molecule has 1 amide bonds. The molecule has 2 fully saturated rings. The van der Waals surface area contributed by atoms with Crippen molar-refractivity contribution >= 4 is 6.09 Å². The van der Waals surface area contributed by atoms with Crippen LogP contribution >= 0.6 is 0 Å². The van der Waals surface area contributed by atoms with Crippen molar-refractivity contribution in [3.05, 3.63) is 0 Å². The predicted molar refractivity (Wildman–Crippen MR) is 66.4 cm³/mol. The molecule has 0 radical (unpaired) electrons. The van der Waals surface area contributed by atoms with Crippen LogP contribution in [0.1, 0.15) is 39.0 Å². The lowest BCUT2D eigenvalue weighted by atomic mass is 9.69. The number of carboxylic acid groups (broad SMARTS) is 1. The second-order valence-electron chi connectivity index (χ2n) is 5.55. The summed E-state index contributed by atoms with van der Waals surface area (Å²) < 4.78 is 11.3. The summed E-state index contributed by atoms with van der Waals surface area (Å²) in [6, 6.07) is 2.16. The molecule has 0 unspecified atom stereocenters. The molecule has 2 aliphatic rings. The van der Waals surface area contributed by atoms with E-state index in [9.17, 15) is 10.1 Å². The van der Waals surface area contributed by atoms with Gasteiger partial charge in [-0.05, 0) is 26.2 Å². The second-order valence-corrected chi connectivity index (χ2v) is 5.55. The van der Waals surface area contributed by atoms with Gasteiger partial charge in [-0.1, -0.05) is 0 Å². The van der Waals surface area contributed by atoms with Crippen LogP contribution in [0.15, 0.2) is 0 Å². The molecule has 0 bridgehead atoms. The highest BCUT2D eigenvalue weighted by molar-refractivity contribution is 5.64. The van der Waals surface area contributed by atoms with Crippen LogP contribution in [0.25, 0.3) is 0 Å². The Morgan fingerprint density at radius 3 is 2.42 bits per heavy atom. The number of amides is 1. The third-order valence-corrected chi connectivity index (χ3v) is 4.09. The van der Waals surface area contributed by atoms with Gasteiger partial charge in [0.25, 0.3) is 0 Å².